The molecule has 0 saturated heterocycles. The molecule has 2 atom stereocenters. The first-order chi connectivity index (χ1) is 18.3. The zero-order valence-corrected chi connectivity index (χ0v) is 25.1. The molecule has 0 aliphatic heterocycles. The molecule has 0 unspecified atom stereocenters. The van der Waals surface area contributed by atoms with Crippen molar-refractivity contribution >= 4 is 34.9 Å². The van der Waals surface area contributed by atoms with Gasteiger partial charge in [0.2, 0.25) is 0 Å². The standard InChI is InChI=1S/C29H47N6O5/c1-18(36)19(9-8-10-34-26(31)32)11-23(38)28(4,5)14-25(40)29(6,7)15-24(39)27(2,3)13-22(37)21(30)12-20-16-33-17-35-20/h16-17,19,21,30H,8-15H2,1-7H3,(H,33,35)(H4,31,32,34)/t19-,21+/m1/s1. The minimum Gasteiger partial charge on any atom is -0.370 e. The van der Waals surface area contributed by atoms with Crippen molar-refractivity contribution in [3.05, 3.63) is 18.2 Å². The fourth-order valence-electron chi connectivity index (χ4n) is 4.36. The van der Waals surface area contributed by atoms with Gasteiger partial charge in [-0.05, 0) is 19.8 Å². The van der Waals surface area contributed by atoms with Gasteiger partial charge >= 0.3 is 0 Å². The fraction of sp³-hybridized carbons (Fsp3) is 0.690. The summed E-state index contributed by atoms with van der Waals surface area (Å²) in [6, 6.07) is -1.03. The van der Waals surface area contributed by atoms with Gasteiger partial charge in [-0.1, -0.05) is 41.5 Å². The molecule has 0 aromatic carbocycles. The molecule has 1 heterocycles. The topological polar surface area (TPSA) is 202 Å². The van der Waals surface area contributed by atoms with Crippen LogP contribution in [0.2, 0.25) is 0 Å². The molecule has 1 aromatic rings. The van der Waals surface area contributed by atoms with Crippen LogP contribution >= 0.6 is 0 Å². The van der Waals surface area contributed by atoms with Crippen LogP contribution in [-0.4, -0.2) is 57.4 Å². The average Bonchev–Trinajstić information content (AvgIpc) is 3.32. The van der Waals surface area contributed by atoms with Crippen LogP contribution in [0.15, 0.2) is 17.5 Å². The number of nitrogens with two attached hydrogens (primary N) is 2. The van der Waals surface area contributed by atoms with E-state index in [2.05, 4.69) is 15.0 Å². The van der Waals surface area contributed by atoms with E-state index < -0.39 is 28.2 Å². The van der Waals surface area contributed by atoms with E-state index >= 15 is 0 Å². The summed E-state index contributed by atoms with van der Waals surface area (Å²) in [5.41, 5.74) is 16.3. The van der Waals surface area contributed by atoms with Gasteiger partial charge in [0.1, 0.15) is 23.1 Å². The van der Waals surface area contributed by atoms with Gasteiger partial charge in [0.15, 0.2) is 11.7 Å². The summed E-state index contributed by atoms with van der Waals surface area (Å²) in [7, 11) is 0. The Kier molecular flexibility index (Phi) is 12.6. The molecular formula is C29H47N6O5. The molecule has 0 saturated carbocycles. The van der Waals surface area contributed by atoms with Crippen LogP contribution in [-0.2, 0) is 30.4 Å². The van der Waals surface area contributed by atoms with Crippen LogP contribution in [0.3, 0.4) is 0 Å². The van der Waals surface area contributed by atoms with Crippen molar-refractivity contribution in [1.29, 1.82) is 0 Å². The van der Waals surface area contributed by atoms with E-state index in [9.17, 15) is 24.0 Å². The van der Waals surface area contributed by atoms with E-state index in [4.69, 9.17) is 17.2 Å². The largest absolute Gasteiger partial charge is 0.370 e. The normalized spacial score (nSPS) is 13.8. The number of imidazole rings is 1. The molecular weight excluding hydrogens is 512 g/mol. The Bertz CT molecular complexity index is 1080. The average molecular weight is 560 g/mol. The molecule has 40 heavy (non-hydrogen) atoms. The van der Waals surface area contributed by atoms with Gasteiger partial charge in [-0.15, -0.1) is 0 Å². The van der Waals surface area contributed by atoms with Crippen molar-refractivity contribution in [3.63, 3.8) is 0 Å². The predicted octanol–water partition coefficient (Wildman–Crippen LogP) is 2.78. The van der Waals surface area contributed by atoms with Gasteiger partial charge in [-0.2, -0.15) is 0 Å². The van der Waals surface area contributed by atoms with Crippen molar-refractivity contribution in [2.45, 2.75) is 99.5 Å². The quantitative estimate of drug-likeness (QED) is 0.130. The molecule has 0 aliphatic carbocycles. The van der Waals surface area contributed by atoms with E-state index in [1.54, 1.807) is 47.7 Å². The summed E-state index contributed by atoms with van der Waals surface area (Å²) >= 11 is 0. The number of nitrogens with zero attached hydrogens (tertiary/aromatic N) is 2. The molecule has 0 spiro atoms. The monoisotopic (exact) mass is 559 g/mol. The van der Waals surface area contributed by atoms with Crippen LogP contribution in [0.5, 0.6) is 0 Å². The number of aromatic amines is 1. The fourth-order valence-corrected chi connectivity index (χ4v) is 4.36. The second-order valence-corrected chi connectivity index (χ2v) is 12.7. The highest BCUT2D eigenvalue weighted by molar-refractivity contribution is 5.98. The number of carbonyl (C=O) groups excluding carboxylic acids is 5. The van der Waals surface area contributed by atoms with E-state index in [0.29, 0.717) is 25.1 Å². The molecule has 11 nitrogen and oxygen atoms in total. The number of rotatable bonds is 19. The molecule has 1 radical (unpaired) electrons. The van der Waals surface area contributed by atoms with E-state index in [-0.39, 0.29) is 67.0 Å². The Balaban J connectivity index is 2.78. The summed E-state index contributed by atoms with van der Waals surface area (Å²) in [4.78, 5) is 75.2. The van der Waals surface area contributed by atoms with Crippen molar-refractivity contribution < 1.29 is 24.0 Å². The van der Waals surface area contributed by atoms with E-state index in [1.807, 2.05) is 0 Å². The molecule has 223 valence electrons. The van der Waals surface area contributed by atoms with Crippen molar-refractivity contribution in [2.24, 2.45) is 38.6 Å². The molecule has 0 amide bonds. The summed E-state index contributed by atoms with van der Waals surface area (Å²) in [6.07, 6.45) is 3.94. The zero-order chi connectivity index (χ0) is 30.9. The van der Waals surface area contributed by atoms with Gasteiger partial charge < -0.3 is 16.5 Å². The zero-order valence-electron chi connectivity index (χ0n) is 25.1. The molecule has 0 bridgehead atoms. The summed E-state index contributed by atoms with van der Waals surface area (Å²) in [5, 5.41) is 0. The summed E-state index contributed by atoms with van der Waals surface area (Å²) in [5.74, 6) is -1.69. The molecule has 11 heteroatoms. The highest BCUT2D eigenvalue weighted by Crippen LogP contribution is 2.36. The first kappa shape index (κ1) is 34.8. The maximum absolute atomic E-state index is 13.3. The number of nitrogens with one attached hydrogen (secondary N) is 2. The second-order valence-electron chi connectivity index (χ2n) is 12.7. The number of carbonyl (C=O) groups is 5. The van der Waals surface area contributed by atoms with Gasteiger partial charge in [0.05, 0.1) is 12.4 Å². The highest BCUT2D eigenvalue weighted by Gasteiger charge is 2.41. The maximum atomic E-state index is 13.3. The minimum atomic E-state index is -1.06. The Morgan fingerprint density at radius 1 is 0.925 bits per heavy atom. The first-order valence-electron chi connectivity index (χ1n) is 13.7. The Morgan fingerprint density at radius 3 is 1.93 bits per heavy atom. The maximum Gasteiger partial charge on any atom is 0.185 e. The third kappa shape index (κ3) is 11.1. The van der Waals surface area contributed by atoms with E-state index in [1.165, 1.54) is 13.3 Å². The second kappa shape index (κ2) is 14.4. The van der Waals surface area contributed by atoms with Gasteiger partial charge in [-0.25, -0.2) is 10.7 Å². The smallest absolute Gasteiger partial charge is 0.185 e. The number of aromatic nitrogens is 2. The van der Waals surface area contributed by atoms with Crippen LogP contribution < -0.4 is 17.2 Å². The summed E-state index contributed by atoms with van der Waals surface area (Å²) in [6.45, 7) is 11.8. The number of H-pyrrole nitrogens is 1. The van der Waals surface area contributed by atoms with Crippen molar-refractivity contribution in [1.82, 2.24) is 15.7 Å². The lowest BCUT2D eigenvalue weighted by Gasteiger charge is -2.32. The SMILES string of the molecule is CC(=O)[C@H](CCCN=C(N)N)CC(=O)C(C)(C)CC(=O)C(C)(C)CC(=O)C(C)(C)CC(=O)[C@@H]([NH])Cc1cnc[nH]1. The molecule has 1 aromatic heterocycles. The number of hydrogen-bond donors (Lipinski definition) is 3. The molecule has 0 aliphatic rings. The number of Topliss-reactive ketones (excluding diaryl/α,β-unsaturated/α-hetero) is 5. The number of hydrogen-bond acceptors (Lipinski definition) is 7. The molecule has 0 fully saturated rings. The van der Waals surface area contributed by atoms with Crippen LogP contribution in [0, 0.1) is 22.2 Å². The Labute approximate surface area is 237 Å². The van der Waals surface area contributed by atoms with Crippen LogP contribution in [0.25, 0.3) is 0 Å². The molecule has 1 rings (SSSR count). The van der Waals surface area contributed by atoms with Crippen molar-refractivity contribution in [3.8, 4) is 0 Å². The van der Waals surface area contributed by atoms with Gasteiger partial charge in [-0.3, -0.25) is 29.0 Å². The Morgan fingerprint density at radius 2 is 1.45 bits per heavy atom. The Hall–Kier alpha value is -3.21. The van der Waals surface area contributed by atoms with Crippen LogP contribution in [0.1, 0.15) is 92.7 Å². The van der Waals surface area contributed by atoms with Crippen molar-refractivity contribution in [2.75, 3.05) is 6.54 Å². The minimum absolute atomic E-state index is 0.0127. The number of guanidine groups is 1. The number of aliphatic imine (C=N–C) groups is 1. The van der Waals surface area contributed by atoms with Crippen LogP contribution in [0.4, 0.5) is 0 Å². The third-order valence-corrected chi connectivity index (χ3v) is 7.47. The lowest BCUT2D eigenvalue weighted by Crippen LogP contribution is -2.39. The first-order valence-corrected chi connectivity index (χ1v) is 13.7. The predicted molar refractivity (Wildman–Crippen MR) is 153 cm³/mol. The lowest BCUT2D eigenvalue weighted by molar-refractivity contribution is -0.141. The third-order valence-electron chi connectivity index (χ3n) is 7.47. The number of ketones is 5. The molecule has 6 N–H and O–H groups in total. The highest BCUT2D eigenvalue weighted by atomic mass is 16.2. The van der Waals surface area contributed by atoms with Gasteiger partial charge in [0.25, 0.3) is 0 Å². The van der Waals surface area contributed by atoms with Gasteiger partial charge in [0, 0.05) is 72.7 Å². The lowest BCUT2D eigenvalue weighted by atomic mass is 9.69. The van der Waals surface area contributed by atoms with E-state index in [0.717, 1.165) is 0 Å². The summed E-state index contributed by atoms with van der Waals surface area (Å²) < 4.78 is 0.